The number of benzene rings is 3. The van der Waals surface area contributed by atoms with Crippen molar-refractivity contribution in [2.24, 2.45) is 0 Å². The Morgan fingerprint density at radius 1 is 0.805 bits per heavy atom. The zero-order valence-corrected chi connectivity index (χ0v) is 29.1. The van der Waals surface area contributed by atoms with Gasteiger partial charge in [-0.3, -0.25) is 0 Å². The molecule has 1 atom stereocenters. The van der Waals surface area contributed by atoms with Gasteiger partial charge < -0.3 is 20.4 Å². The van der Waals surface area contributed by atoms with Crippen LogP contribution in [0, 0.1) is 41.5 Å². The van der Waals surface area contributed by atoms with Crippen LogP contribution in [0.3, 0.4) is 0 Å². The first-order valence-corrected chi connectivity index (χ1v) is 14.2. The molecule has 4 rings (SSSR count). The summed E-state index contributed by atoms with van der Waals surface area (Å²) in [6, 6.07) is 18.8. The maximum atomic E-state index is 4.04. The average molecular weight is 730 g/mol. The average Bonchev–Trinajstić information content (AvgIpc) is 3.33. The van der Waals surface area contributed by atoms with Gasteiger partial charge in [0, 0.05) is 25.1 Å². The molecule has 1 unspecified atom stereocenters. The molecule has 0 saturated heterocycles. The Hall–Kier alpha value is -2.75. The van der Waals surface area contributed by atoms with E-state index >= 15 is 0 Å². The van der Waals surface area contributed by atoms with Crippen molar-refractivity contribution in [2.75, 3.05) is 32.7 Å². The molecule has 1 aliphatic rings. The van der Waals surface area contributed by atoms with Crippen LogP contribution in [0.15, 0.2) is 72.7 Å². The summed E-state index contributed by atoms with van der Waals surface area (Å²) in [5, 5.41) is 8.02. The van der Waals surface area contributed by atoms with Crippen molar-refractivity contribution in [3.63, 3.8) is 0 Å². The van der Waals surface area contributed by atoms with E-state index < -0.39 is 0 Å². The topological polar surface area (TPSA) is 34.7 Å². The van der Waals surface area contributed by atoms with Crippen LogP contribution in [0.25, 0.3) is 10.6 Å². The molecule has 4 nitrogen and oxygen atoms in total. The van der Waals surface area contributed by atoms with Crippen LogP contribution < -0.4 is 21.3 Å². The van der Waals surface area contributed by atoms with E-state index in [1.54, 1.807) is 7.05 Å². The van der Waals surface area contributed by atoms with Crippen molar-refractivity contribution in [1.82, 2.24) is 4.90 Å². The first-order chi connectivity index (χ1) is 18.9. The van der Waals surface area contributed by atoms with Gasteiger partial charge in [-0.1, -0.05) is 100 Å². The van der Waals surface area contributed by atoms with Crippen molar-refractivity contribution in [1.29, 1.82) is 0 Å². The van der Waals surface area contributed by atoms with E-state index in [4.69, 9.17) is 0 Å². The van der Waals surface area contributed by atoms with Crippen molar-refractivity contribution < 1.29 is 21.1 Å². The molecule has 0 N–H and O–H groups in total. The van der Waals surface area contributed by atoms with Crippen LogP contribution in [-0.4, -0.2) is 45.5 Å². The minimum Gasteiger partial charge on any atom is -0.691 e. The fourth-order valence-corrected chi connectivity index (χ4v) is 5.82. The number of nitrogens with zero attached hydrogens (tertiary/aromatic N) is 4. The second-order valence-electron chi connectivity index (χ2n) is 11.3. The Kier molecular flexibility index (Phi) is 13.0. The third kappa shape index (κ3) is 8.87. The SMILES string of the molecule is C[N-]/C(C)=C\C(C)[N-]C.Cc1cc(C)c(B(c2ccc(N3C=CN(C)C3)cc2)c2c(C)cc(C)cc2C)c(C)c1.[Pt+2]. The van der Waals surface area contributed by atoms with Gasteiger partial charge >= 0.3 is 21.1 Å². The predicted octanol–water partition coefficient (Wildman–Crippen LogP) is 6.52. The van der Waals surface area contributed by atoms with Crippen LogP contribution in [-0.2, 0) is 21.1 Å². The molecule has 0 aromatic heterocycles. The van der Waals surface area contributed by atoms with Gasteiger partial charge in [-0.25, -0.2) is 0 Å². The van der Waals surface area contributed by atoms with Crippen LogP contribution in [0.5, 0.6) is 0 Å². The zero-order valence-electron chi connectivity index (χ0n) is 26.8. The van der Waals surface area contributed by atoms with E-state index in [2.05, 4.69) is 130 Å². The Labute approximate surface area is 264 Å². The number of anilines is 1. The van der Waals surface area contributed by atoms with E-state index in [9.17, 15) is 0 Å². The Morgan fingerprint density at radius 2 is 1.27 bits per heavy atom. The summed E-state index contributed by atoms with van der Waals surface area (Å²) in [6.07, 6.45) is 6.30. The van der Waals surface area contributed by atoms with E-state index in [1.165, 1.54) is 55.5 Å². The molecule has 3 aromatic carbocycles. The Bertz CT molecular complexity index is 1260. The molecule has 41 heavy (non-hydrogen) atoms. The van der Waals surface area contributed by atoms with E-state index in [1.807, 2.05) is 27.0 Å². The van der Waals surface area contributed by atoms with Gasteiger partial charge in [-0.2, -0.15) is 12.7 Å². The minimum absolute atomic E-state index is 0. The summed E-state index contributed by atoms with van der Waals surface area (Å²) in [6.45, 7) is 18.6. The van der Waals surface area contributed by atoms with Gasteiger partial charge in [-0.05, 0) is 53.7 Å². The van der Waals surface area contributed by atoms with Crippen molar-refractivity contribution in [2.45, 2.75) is 61.4 Å². The van der Waals surface area contributed by atoms with Crippen LogP contribution >= 0.6 is 0 Å². The van der Waals surface area contributed by atoms with Crippen molar-refractivity contribution >= 4 is 28.8 Å². The quantitative estimate of drug-likeness (QED) is 0.260. The predicted molar refractivity (Wildman–Crippen MR) is 178 cm³/mol. The van der Waals surface area contributed by atoms with Crippen molar-refractivity contribution in [3.8, 4) is 0 Å². The molecule has 0 bridgehead atoms. The van der Waals surface area contributed by atoms with E-state index in [-0.39, 0.29) is 27.8 Å². The third-order valence-corrected chi connectivity index (χ3v) is 7.73. The number of allylic oxidation sites excluding steroid dienone is 1. The maximum Gasteiger partial charge on any atom is 2.00 e. The summed E-state index contributed by atoms with van der Waals surface area (Å²) < 4.78 is 0. The molecule has 0 aliphatic carbocycles. The Balaban J connectivity index is 0.000000511. The standard InChI is InChI=1S/C28H33BN2.C7H14N2.Pt/c1-19-14-21(3)27(22(4)15-19)29(28-23(5)16-20(2)17-24(28)6)25-8-10-26(11-9-25)31-13-12-30(7)18-31;1-6(8-3)5-7(2)9-4;/h8-17H,18H2,1-7H3;5-6H,1-4H3;/q;-2;+2/b;7-5-;. The zero-order chi connectivity index (χ0) is 29.6. The molecule has 0 saturated carbocycles. The molecule has 0 fully saturated rings. The summed E-state index contributed by atoms with van der Waals surface area (Å²) in [4.78, 5) is 4.47. The third-order valence-electron chi connectivity index (χ3n) is 7.73. The fourth-order valence-electron chi connectivity index (χ4n) is 5.82. The first kappa shape index (κ1) is 34.5. The number of likely N-dealkylation sites (N-methyl/N-ethyl adjacent to an activating group) is 1. The second-order valence-corrected chi connectivity index (χ2v) is 11.3. The van der Waals surface area contributed by atoms with Gasteiger partial charge in [0.05, 0.1) is 6.67 Å². The molecule has 0 spiro atoms. The largest absolute Gasteiger partial charge is 2.00 e. The summed E-state index contributed by atoms with van der Waals surface area (Å²) in [7, 11) is 5.70. The molecule has 0 amide bonds. The minimum atomic E-state index is 0. The molecular formula is C35H47BN4Pt. The van der Waals surface area contributed by atoms with Crippen LogP contribution in [0.1, 0.15) is 47.2 Å². The monoisotopic (exact) mass is 729 g/mol. The molecular weight excluding hydrogens is 682 g/mol. The molecule has 1 aliphatic heterocycles. The molecule has 220 valence electrons. The summed E-state index contributed by atoms with van der Waals surface area (Å²) in [5.41, 5.74) is 14.7. The molecule has 1 heterocycles. The van der Waals surface area contributed by atoms with E-state index in [0.29, 0.717) is 6.04 Å². The number of hydrogen-bond acceptors (Lipinski definition) is 2. The van der Waals surface area contributed by atoms with Gasteiger partial charge in [0.1, 0.15) is 0 Å². The van der Waals surface area contributed by atoms with Gasteiger partial charge in [0.2, 0.25) is 6.71 Å². The maximum absolute atomic E-state index is 4.04. The number of hydrogen-bond donors (Lipinski definition) is 0. The second kappa shape index (κ2) is 15.5. The van der Waals surface area contributed by atoms with E-state index in [0.717, 1.165) is 12.4 Å². The summed E-state index contributed by atoms with van der Waals surface area (Å²) >= 11 is 0. The normalized spacial score (nSPS) is 13.4. The van der Waals surface area contributed by atoms with Gasteiger partial charge in [0.15, 0.2) is 0 Å². The first-order valence-electron chi connectivity index (χ1n) is 14.2. The summed E-state index contributed by atoms with van der Waals surface area (Å²) in [5.74, 6) is 0. The van der Waals surface area contributed by atoms with Gasteiger partial charge in [0.25, 0.3) is 0 Å². The van der Waals surface area contributed by atoms with Gasteiger partial charge in [-0.15, -0.1) is 19.2 Å². The smallest absolute Gasteiger partial charge is 0.691 e. The van der Waals surface area contributed by atoms with Crippen molar-refractivity contribution in [3.05, 3.63) is 117 Å². The number of aryl methyl sites for hydroxylation is 6. The molecule has 3 aromatic rings. The molecule has 0 radical (unpaired) electrons. The fraction of sp³-hybridized carbons (Fsp3) is 0.371. The van der Waals surface area contributed by atoms with Crippen LogP contribution in [0.4, 0.5) is 5.69 Å². The Morgan fingerprint density at radius 3 is 1.63 bits per heavy atom. The molecule has 6 heteroatoms. The van der Waals surface area contributed by atoms with Crippen LogP contribution in [0.2, 0.25) is 0 Å². The number of rotatable bonds is 7.